The van der Waals surface area contributed by atoms with E-state index in [2.05, 4.69) is 55.0 Å². The summed E-state index contributed by atoms with van der Waals surface area (Å²) in [5.74, 6) is 4.57. The first-order valence-corrected chi connectivity index (χ1v) is 13.8. The molecule has 0 fully saturated rings. The highest BCUT2D eigenvalue weighted by Crippen LogP contribution is 2.24. The van der Waals surface area contributed by atoms with Gasteiger partial charge in [0.2, 0.25) is 0 Å². The smallest absolute Gasteiger partial charge is 0.0326 e. The Morgan fingerprint density at radius 1 is 0.467 bits per heavy atom. The Hall–Kier alpha value is -0.260. The summed E-state index contributed by atoms with van der Waals surface area (Å²) in [5, 5.41) is 0. The van der Waals surface area contributed by atoms with Gasteiger partial charge in [0.05, 0.1) is 0 Å². The number of unbranched alkanes of at least 4 members (excludes halogenated alkanes) is 1. The highest BCUT2D eigenvalue weighted by molar-refractivity contribution is 4.87. The van der Waals surface area contributed by atoms with Crippen molar-refractivity contribution >= 4 is 0 Å². The van der Waals surface area contributed by atoms with Crippen LogP contribution in [0.5, 0.6) is 0 Å². The maximum absolute atomic E-state index is 4.02. The molecule has 0 aromatic rings. The highest BCUT2D eigenvalue weighted by atomic mass is 14.1. The molecule has 0 aliphatic rings. The van der Waals surface area contributed by atoms with Crippen molar-refractivity contribution in [3.05, 3.63) is 12.2 Å². The van der Waals surface area contributed by atoms with Crippen molar-refractivity contribution in [1.82, 2.24) is 0 Å². The SMILES string of the molecule is C=C(C)CCCC(C)CCCC(C)CCCCC(C)CCCC(C)CCCC(C)C. The normalized spacial score (nSPS) is 15.9. The zero-order valence-electron chi connectivity index (χ0n) is 22.4. The average molecular weight is 421 g/mol. The molecule has 0 amide bonds. The molecule has 0 N–H and O–H groups in total. The van der Waals surface area contributed by atoms with Crippen molar-refractivity contribution in [3.8, 4) is 0 Å². The van der Waals surface area contributed by atoms with Crippen LogP contribution in [0.1, 0.15) is 151 Å². The summed E-state index contributed by atoms with van der Waals surface area (Å²) in [7, 11) is 0. The second-order valence-electron chi connectivity index (χ2n) is 11.7. The zero-order chi connectivity index (χ0) is 22.8. The van der Waals surface area contributed by atoms with Gasteiger partial charge in [0.1, 0.15) is 0 Å². The maximum atomic E-state index is 4.02. The molecular weight excluding hydrogens is 360 g/mol. The molecule has 0 nitrogen and oxygen atoms in total. The fourth-order valence-corrected chi connectivity index (χ4v) is 4.82. The van der Waals surface area contributed by atoms with Gasteiger partial charge in [-0.3, -0.25) is 0 Å². The van der Waals surface area contributed by atoms with Crippen molar-refractivity contribution in [3.63, 3.8) is 0 Å². The van der Waals surface area contributed by atoms with E-state index in [1.165, 1.54) is 108 Å². The molecule has 180 valence electrons. The molecule has 0 rings (SSSR count). The summed E-state index contributed by atoms with van der Waals surface area (Å²) in [5.41, 5.74) is 1.34. The van der Waals surface area contributed by atoms with E-state index in [0.29, 0.717) is 0 Å². The van der Waals surface area contributed by atoms with Gasteiger partial charge in [-0.2, -0.15) is 0 Å². The maximum Gasteiger partial charge on any atom is -0.0326 e. The Labute approximate surface area is 193 Å². The molecular formula is C30H60. The van der Waals surface area contributed by atoms with Crippen LogP contribution >= 0.6 is 0 Å². The van der Waals surface area contributed by atoms with E-state index in [1.807, 2.05) is 0 Å². The molecule has 0 saturated heterocycles. The number of rotatable bonds is 21. The molecule has 0 aromatic heterocycles. The zero-order valence-corrected chi connectivity index (χ0v) is 22.4. The van der Waals surface area contributed by atoms with Gasteiger partial charge >= 0.3 is 0 Å². The molecule has 0 aromatic carbocycles. The lowest BCUT2D eigenvalue weighted by Gasteiger charge is -2.16. The summed E-state index contributed by atoms with van der Waals surface area (Å²) in [6, 6.07) is 0. The van der Waals surface area contributed by atoms with Crippen molar-refractivity contribution in [2.45, 2.75) is 151 Å². The molecule has 4 unspecified atom stereocenters. The third-order valence-corrected chi connectivity index (χ3v) is 7.21. The summed E-state index contributed by atoms with van der Waals surface area (Å²) in [6.45, 7) is 20.8. The van der Waals surface area contributed by atoms with Gasteiger partial charge in [-0.15, -0.1) is 6.58 Å². The van der Waals surface area contributed by atoms with Crippen LogP contribution in [0.3, 0.4) is 0 Å². The monoisotopic (exact) mass is 420 g/mol. The van der Waals surface area contributed by atoms with Gasteiger partial charge in [0, 0.05) is 0 Å². The van der Waals surface area contributed by atoms with E-state index in [4.69, 9.17) is 0 Å². The quantitative estimate of drug-likeness (QED) is 0.128. The molecule has 0 heterocycles. The largest absolute Gasteiger partial charge is 0.100 e. The topological polar surface area (TPSA) is 0 Å². The first-order chi connectivity index (χ1) is 14.2. The number of hydrogen-bond donors (Lipinski definition) is 0. The standard InChI is InChI=1S/C30H60/c1-25(2)15-11-19-29(7)23-13-21-27(5)17-9-10-18-28(6)22-14-24-30(8)20-12-16-26(3)4/h26-30H,1,9-24H2,2-8H3. The van der Waals surface area contributed by atoms with Gasteiger partial charge in [-0.25, -0.2) is 0 Å². The van der Waals surface area contributed by atoms with E-state index in [1.54, 1.807) is 0 Å². The molecule has 0 saturated carbocycles. The van der Waals surface area contributed by atoms with Gasteiger partial charge in [-0.05, 0) is 49.4 Å². The van der Waals surface area contributed by atoms with Crippen molar-refractivity contribution < 1.29 is 0 Å². The second kappa shape index (κ2) is 19.4. The fourth-order valence-electron chi connectivity index (χ4n) is 4.82. The lowest BCUT2D eigenvalue weighted by atomic mass is 9.90. The van der Waals surface area contributed by atoms with E-state index in [-0.39, 0.29) is 0 Å². The van der Waals surface area contributed by atoms with Crippen LogP contribution in [0.25, 0.3) is 0 Å². The molecule has 0 radical (unpaired) electrons. The highest BCUT2D eigenvalue weighted by Gasteiger charge is 2.08. The molecule has 4 atom stereocenters. The van der Waals surface area contributed by atoms with Crippen molar-refractivity contribution in [1.29, 1.82) is 0 Å². The van der Waals surface area contributed by atoms with E-state index in [9.17, 15) is 0 Å². The number of allylic oxidation sites excluding steroid dienone is 1. The molecule has 0 aliphatic heterocycles. The third kappa shape index (κ3) is 21.0. The summed E-state index contributed by atoms with van der Waals surface area (Å²) in [4.78, 5) is 0. The predicted molar refractivity (Wildman–Crippen MR) is 140 cm³/mol. The van der Waals surface area contributed by atoms with Crippen LogP contribution in [0.15, 0.2) is 12.2 Å². The molecule has 0 heteroatoms. The minimum absolute atomic E-state index is 0.875. The van der Waals surface area contributed by atoms with Gasteiger partial charge < -0.3 is 0 Å². The summed E-state index contributed by atoms with van der Waals surface area (Å²) >= 11 is 0. The van der Waals surface area contributed by atoms with Crippen LogP contribution in [0, 0.1) is 29.6 Å². The molecule has 0 aliphatic carbocycles. The number of hydrogen-bond acceptors (Lipinski definition) is 0. The second-order valence-corrected chi connectivity index (χ2v) is 11.7. The first-order valence-electron chi connectivity index (χ1n) is 13.8. The summed E-state index contributed by atoms with van der Waals surface area (Å²) in [6.07, 6.45) is 22.7. The Morgan fingerprint density at radius 3 is 1.10 bits per heavy atom. The van der Waals surface area contributed by atoms with Crippen LogP contribution < -0.4 is 0 Å². The Bertz CT molecular complexity index is 379. The van der Waals surface area contributed by atoms with Crippen LogP contribution in [0.2, 0.25) is 0 Å². The fraction of sp³-hybridized carbons (Fsp3) is 0.933. The van der Waals surface area contributed by atoms with Crippen molar-refractivity contribution in [2.75, 3.05) is 0 Å². The van der Waals surface area contributed by atoms with Gasteiger partial charge in [-0.1, -0.05) is 137 Å². The average Bonchev–Trinajstić information content (AvgIpc) is 2.64. The van der Waals surface area contributed by atoms with E-state index >= 15 is 0 Å². The Morgan fingerprint density at radius 2 is 0.767 bits per heavy atom. The van der Waals surface area contributed by atoms with E-state index in [0.717, 1.165) is 29.6 Å². The van der Waals surface area contributed by atoms with Crippen molar-refractivity contribution in [2.24, 2.45) is 29.6 Å². The van der Waals surface area contributed by atoms with Crippen LogP contribution in [-0.2, 0) is 0 Å². The Balaban J connectivity index is 3.55. The summed E-state index contributed by atoms with van der Waals surface area (Å²) < 4.78 is 0. The Kier molecular flexibility index (Phi) is 19.3. The minimum Gasteiger partial charge on any atom is -0.100 e. The van der Waals surface area contributed by atoms with Crippen LogP contribution in [0.4, 0.5) is 0 Å². The van der Waals surface area contributed by atoms with E-state index < -0.39 is 0 Å². The predicted octanol–water partition coefficient (Wildman–Crippen LogP) is 11.0. The molecule has 0 bridgehead atoms. The van der Waals surface area contributed by atoms with Crippen LogP contribution in [-0.4, -0.2) is 0 Å². The lowest BCUT2D eigenvalue weighted by Crippen LogP contribution is -2.01. The molecule has 0 spiro atoms. The lowest BCUT2D eigenvalue weighted by molar-refractivity contribution is 0.371. The van der Waals surface area contributed by atoms with Gasteiger partial charge in [0.25, 0.3) is 0 Å². The molecule has 30 heavy (non-hydrogen) atoms. The van der Waals surface area contributed by atoms with Gasteiger partial charge in [0.15, 0.2) is 0 Å². The first kappa shape index (κ1) is 29.7. The third-order valence-electron chi connectivity index (χ3n) is 7.21. The minimum atomic E-state index is 0.875.